The molecule has 0 radical (unpaired) electrons. The van der Waals surface area contributed by atoms with Crippen LogP contribution in [-0.4, -0.2) is 8.42 Å². The van der Waals surface area contributed by atoms with Gasteiger partial charge in [-0.2, -0.15) is 8.42 Å². The van der Waals surface area contributed by atoms with Crippen LogP contribution in [0.25, 0.3) is 0 Å². The van der Waals surface area contributed by atoms with Gasteiger partial charge in [-0.1, -0.05) is 12.1 Å². The molecule has 13 heavy (non-hydrogen) atoms. The maximum absolute atomic E-state index is 12.8. The fraction of sp³-hybridized carbons (Fsp3) is 0.250. The second kappa shape index (κ2) is 3.41. The van der Waals surface area contributed by atoms with Crippen LogP contribution >= 0.6 is 0 Å². The lowest BCUT2D eigenvalue weighted by Gasteiger charge is -2.02. The molecule has 0 aliphatic carbocycles. The average molecular weight is 206 g/mol. The lowest BCUT2D eigenvalue weighted by Crippen LogP contribution is -1.99. The van der Waals surface area contributed by atoms with Crippen LogP contribution in [0.1, 0.15) is 11.1 Å². The Labute approximate surface area is 75.4 Å². The monoisotopic (exact) mass is 206 g/mol. The third-order valence-corrected chi connectivity index (χ3v) is 2.36. The van der Waals surface area contributed by atoms with Crippen LogP contribution < -0.4 is 0 Å². The average Bonchev–Trinajstić information content (AvgIpc) is 1.96. The molecule has 0 unspecified atom stereocenters. The summed E-state index contributed by atoms with van der Waals surface area (Å²) in [5.41, 5.74) is 0.325. The minimum atomic E-state index is -4.58. The van der Waals surface area contributed by atoms with Gasteiger partial charge in [0.1, 0.15) is 11.6 Å². The normalized spacial score (nSPS) is 11.6. The minimum Gasteiger partial charge on any atom is -0.207 e. The second-order valence-electron chi connectivity index (χ2n) is 2.71. The molecule has 0 bridgehead atoms. The van der Waals surface area contributed by atoms with Gasteiger partial charge in [-0.25, -0.2) is 4.39 Å². The summed E-state index contributed by atoms with van der Waals surface area (Å²) in [7, 11) is -4.58. The lowest BCUT2D eigenvalue weighted by molar-refractivity contribution is 0.550. The van der Waals surface area contributed by atoms with Crippen LogP contribution in [0.4, 0.5) is 8.28 Å². The highest BCUT2D eigenvalue weighted by atomic mass is 32.3. The Morgan fingerprint density at radius 2 is 2.00 bits per heavy atom. The summed E-state index contributed by atoms with van der Waals surface area (Å²) in [5, 5.41) is 0. The van der Waals surface area contributed by atoms with E-state index in [0.717, 1.165) is 0 Å². The van der Waals surface area contributed by atoms with E-state index in [1.165, 1.54) is 25.1 Å². The number of benzene rings is 1. The summed E-state index contributed by atoms with van der Waals surface area (Å²) in [5.74, 6) is -1.29. The van der Waals surface area contributed by atoms with E-state index in [1.807, 2.05) is 0 Å². The van der Waals surface area contributed by atoms with Crippen molar-refractivity contribution in [3.63, 3.8) is 0 Å². The maximum Gasteiger partial charge on any atom is 0.306 e. The molecule has 0 saturated carbocycles. The summed E-state index contributed by atoms with van der Waals surface area (Å²) in [6, 6.07) is 3.93. The Bertz CT molecular complexity index is 412. The first-order chi connectivity index (χ1) is 5.90. The van der Waals surface area contributed by atoms with Gasteiger partial charge >= 0.3 is 10.2 Å². The van der Waals surface area contributed by atoms with Crippen molar-refractivity contribution >= 4 is 10.2 Å². The van der Waals surface area contributed by atoms with Crippen molar-refractivity contribution < 1.29 is 16.7 Å². The molecule has 0 N–H and O–H groups in total. The van der Waals surface area contributed by atoms with E-state index < -0.39 is 21.8 Å². The molecule has 0 amide bonds. The van der Waals surface area contributed by atoms with Crippen molar-refractivity contribution in [2.45, 2.75) is 12.7 Å². The first-order valence-electron chi connectivity index (χ1n) is 3.56. The second-order valence-corrected chi connectivity index (χ2v) is 4.07. The van der Waals surface area contributed by atoms with Crippen LogP contribution in [0.3, 0.4) is 0 Å². The van der Waals surface area contributed by atoms with Gasteiger partial charge < -0.3 is 0 Å². The van der Waals surface area contributed by atoms with Crippen molar-refractivity contribution in [1.29, 1.82) is 0 Å². The van der Waals surface area contributed by atoms with Crippen LogP contribution in [0.15, 0.2) is 18.2 Å². The van der Waals surface area contributed by atoms with E-state index in [2.05, 4.69) is 0 Å². The molecule has 0 aliphatic heterocycles. The van der Waals surface area contributed by atoms with Crippen molar-refractivity contribution in [2.24, 2.45) is 0 Å². The molecule has 2 nitrogen and oxygen atoms in total. The third-order valence-electron chi connectivity index (χ3n) is 1.71. The van der Waals surface area contributed by atoms with E-state index in [-0.39, 0.29) is 11.1 Å². The topological polar surface area (TPSA) is 34.1 Å². The molecule has 0 heterocycles. The van der Waals surface area contributed by atoms with Crippen molar-refractivity contribution in [3.8, 4) is 0 Å². The van der Waals surface area contributed by atoms with Gasteiger partial charge in [-0.15, -0.1) is 3.89 Å². The zero-order valence-electron chi connectivity index (χ0n) is 6.92. The molecule has 0 fully saturated rings. The van der Waals surface area contributed by atoms with Gasteiger partial charge in [0, 0.05) is 0 Å². The van der Waals surface area contributed by atoms with E-state index >= 15 is 0 Å². The van der Waals surface area contributed by atoms with Crippen molar-refractivity contribution in [3.05, 3.63) is 35.1 Å². The fourth-order valence-electron chi connectivity index (χ4n) is 0.994. The smallest absolute Gasteiger partial charge is 0.207 e. The lowest BCUT2D eigenvalue weighted by atomic mass is 10.1. The molecular formula is C8H8F2O2S. The van der Waals surface area contributed by atoms with Gasteiger partial charge in [0.15, 0.2) is 0 Å². The Balaban J connectivity index is 3.10. The molecular weight excluding hydrogens is 198 g/mol. The molecule has 0 saturated heterocycles. The summed E-state index contributed by atoms with van der Waals surface area (Å²) >= 11 is 0. The predicted molar refractivity (Wildman–Crippen MR) is 44.9 cm³/mol. The Hall–Kier alpha value is -0.970. The zero-order chi connectivity index (χ0) is 10.1. The minimum absolute atomic E-state index is 0.155. The number of hydrogen-bond donors (Lipinski definition) is 0. The van der Waals surface area contributed by atoms with Crippen LogP contribution in [-0.2, 0) is 16.0 Å². The van der Waals surface area contributed by atoms with E-state index in [9.17, 15) is 16.7 Å². The highest BCUT2D eigenvalue weighted by molar-refractivity contribution is 7.85. The van der Waals surface area contributed by atoms with Gasteiger partial charge in [-0.05, 0) is 24.1 Å². The quantitative estimate of drug-likeness (QED) is 0.693. The molecule has 0 aliphatic rings. The fourth-order valence-corrected chi connectivity index (χ4v) is 1.68. The Morgan fingerprint density at radius 1 is 1.38 bits per heavy atom. The highest BCUT2D eigenvalue weighted by Gasteiger charge is 2.12. The highest BCUT2D eigenvalue weighted by Crippen LogP contribution is 2.15. The first-order valence-corrected chi connectivity index (χ1v) is 5.12. The molecule has 0 aromatic heterocycles. The van der Waals surface area contributed by atoms with Crippen LogP contribution in [0.5, 0.6) is 0 Å². The molecule has 1 aromatic carbocycles. The molecule has 5 heteroatoms. The van der Waals surface area contributed by atoms with Gasteiger partial charge in [0.2, 0.25) is 0 Å². The van der Waals surface area contributed by atoms with E-state index in [1.54, 1.807) is 0 Å². The van der Waals surface area contributed by atoms with Crippen LogP contribution in [0.2, 0.25) is 0 Å². The largest absolute Gasteiger partial charge is 0.306 e. The maximum atomic E-state index is 12.8. The van der Waals surface area contributed by atoms with Gasteiger partial charge in [0.05, 0.1) is 0 Å². The summed E-state index contributed by atoms with van der Waals surface area (Å²) < 4.78 is 45.6. The molecule has 1 aromatic rings. The Morgan fingerprint density at radius 3 is 2.54 bits per heavy atom. The van der Waals surface area contributed by atoms with Gasteiger partial charge in [0.25, 0.3) is 0 Å². The summed E-state index contributed by atoms with van der Waals surface area (Å²) in [6.45, 7) is 1.41. The molecule has 72 valence electrons. The molecule has 1 rings (SSSR count). The molecule has 0 spiro atoms. The van der Waals surface area contributed by atoms with Crippen molar-refractivity contribution in [2.75, 3.05) is 0 Å². The van der Waals surface area contributed by atoms with Gasteiger partial charge in [-0.3, -0.25) is 0 Å². The SMILES string of the molecule is Cc1c(F)cccc1CS(=O)(=O)F. The van der Waals surface area contributed by atoms with Crippen molar-refractivity contribution in [1.82, 2.24) is 0 Å². The first kappa shape index (κ1) is 10.1. The molecule has 0 atom stereocenters. The predicted octanol–water partition coefficient (Wildman–Crippen LogP) is 1.93. The number of rotatable bonds is 2. The standard InChI is InChI=1S/C8H8F2O2S/c1-6-7(5-13(10,11)12)3-2-4-8(6)9/h2-4H,5H2,1H3. The number of halogens is 2. The van der Waals surface area contributed by atoms with Crippen LogP contribution in [0, 0.1) is 12.7 Å². The number of hydrogen-bond acceptors (Lipinski definition) is 2. The zero-order valence-corrected chi connectivity index (χ0v) is 7.74. The third kappa shape index (κ3) is 2.77. The van der Waals surface area contributed by atoms with E-state index in [4.69, 9.17) is 0 Å². The Kier molecular flexibility index (Phi) is 2.66. The summed E-state index contributed by atoms with van der Waals surface area (Å²) in [6.07, 6.45) is 0. The summed E-state index contributed by atoms with van der Waals surface area (Å²) in [4.78, 5) is 0. The van der Waals surface area contributed by atoms with E-state index in [0.29, 0.717) is 0 Å².